The van der Waals surface area contributed by atoms with Crippen LogP contribution in [-0.2, 0) is 11.3 Å². The summed E-state index contributed by atoms with van der Waals surface area (Å²) in [6.07, 6.45) is 0. The van der Waals surface area contributed by atoms with Gasteiger partial charge in [-0.25, -0.2) is 4.79 Å². The van der Waals surface area contributed by atoms with Crippen molar-refractivity contribution in [1.29, 1.82) is 0 Å². The van der Waals surface area contributed by atoms with Crippen LogP contribution in [0.2, 0.25) is 0 Å². The second-order valence-electron chi connectivity index (χ2n) is 5.69. The van der Waals surface area contributed by atoms with E-state index in [4.69, 9.17) is 0 Å². The average molecular weight is 297 g/mol. The lowest BCUT2D eigenvalue weighted by molar-refractivity contribution is -0.386. The topological polar surface area (TPSA) is 119 Å². The maximum absolute atomic E-state index is 11.7. The Labute approximate surface area is 121 Å². The van der Waals surface area contributed by atoms with Crippen LogP contribution in [0.5, 0.6) is 0 Å². The molecule has 0 saturated carbocycles. The van der Waals surface area contributed by atoms with Crippen LogP contribution in [0.15, 0.2) is 0 Å². The van der Waals surface area contributed by atoms with Gasteiger partial charge in [-0.05, 0) is 34.6 Å². The molecule has 0 unspecified atom stereocenters. The molecule has 0 saturated heterocycles. The molecule has 1 rings (SSSR count). The van der Waals surface area contributed by atoms with Crippen LogP contribution in [0.4, 0.5) is 10.5 Å². The minimum atomic E-state index is -0.622. The highest BCUT2D eigenvalue weighted by molar-refractivity contribution is 5.94. The van der Waals surface area contributed by atoms with Gasteiger partial charge >= 0.3 is 11.7 Å². The SMILES string of the molecule is Cc1nn(CC(=O)NC(=O)NC(C)(C)C)c(C)c1[N+](=O)[O-]. The van der Waals surface area contributed by atoms with E-state index in [1.807, 2.05) is 0 Å². The molecule has 0 aliphatic rings. The van der Waals surface area contributed by atoms with Crippen molar-refractivity contribution < 1.29 is 14.5 Å². The molecule has 9 heteroatoms. The summed E-state index contributed by atoms with van der Waals surface area (Å²) in [5.41, 5.74) is -0.100. The Morgan fingerprint density at radius 2 is 1.90 bits per heavy atom. The van der Waals surface area contributed by atoms with Gasteiger partial charge in [-0.3, -0.25) is 24.9 Å². The maximum atomic E-state index is 11.7. The number of hydrogen-bond donors (Lipinski definition) is 2. The van der Waals surface area contributed by atoms with Gasteiger partial charge in [0.25, 0.3) is 0 Å². The number of urea groups is 1. The zero-order valence-electron chi connectivity index (χ0n) is 12.7. The fourth-order valence-electron chi connectivity index (χ4n) is 1.78. The molecule has 0 fully saturated rings. The number of amides is 3. The zero-order valence-corrected chi connectivity index (χ0v) is 12.7. The predicted molar refractivity (Wildman–Crippen MR) is 74.8 cm³/mol. The third kappa shape index (κ3) is 4.55. The number of nitrogens with one attached hydrogen (secondary N) is 2. The Bertz CT molecular complexity index is 585. The molecule has 116 valence electrons. The highest BCUT2D eigenvalue weighted by Gasteiger charge is 2.23. The Kier molecular flexibility index (Phi) is 4.66. The van der Waals surface area contributed by atoms with Crippen molar-refractivity contribution in [2.45, 2.75) is 46.7 Å². The molecule has 0 aromatic carbocycles. The molecular weight excluding hydrogens is 278 g/mol. The standard InChI is InChI=1S/C12H19N5O4/c1-7-10(17(20)21)8(2)16(15-7)6-9(18)13-11(19)14-12(3,4)5/h6H2,1-5H3,(H2,13,14,18,19). The van der Waals surface area contributed by atoms with Gasteiger partial charge in [0.05, 0.1) is 4.92 Å². The molecule has 2 N–H and O–H groups in total. The first-order valence-electron chi connectivity index (χ1n) is 6.31. The van der Waals surface area contributed by atoms with Crippen molar-refractivity contribution in [3.05, 3.63) is 21.5 Å². The molecule has 0 radical (unpaired) electrons. The van der Waals surface area contributed by atoms with Crippen molar-refractivity contribution >= 4 is 17.6 Å². The van der Waals surface area contributed by atoms with Crippen LogP contribution < -0.4 is 10.6 Å². The normalized spacial score (nSPS) is 11.1. The molecule has 1 heterocycles. The van der Waals surface area contributed by atoms with E-state index in [0.717, 1.165) is 0 Å². The van der Waals surface area contributed by atoms with E-state index < -0.39 is 22.4 Å². The minimum absolute atomic E-state index is 0.123. The molecule has 0 atom stereocenters. The summed E-state index contributed by atoms with van der Waals surface area (Å²) < 4.78 is 1.20. The molecule has 1 aromatic heterocycles. The number of hydrogen-bond acceptors (Lipinski definition) is 5. The van der Waals surface area contributed by atoms with Gasteiger partial charge in [-0.1, -0.05) is 0 Å². The van der Waals surface area contributed by atoms with Gasteiger partial charge < -0.3 is 5.32 Å². The second kappa shape index (κ2) is 5.90. The smallest absolute Gasteiger partial charge is 0.321 e. The number of imide groups is 1. The zero-order chi connectivity index (χ0) is 16.4. The Morgan fingerprint density at radius 1 is 1.33 bits per heavy atom. The van der Waals surface area contributed by atoms with Crippen molar-refractivity contribution in [3.63, 3.8) is 0 Å². The van der Waals surface area contributed by atoms with Crippen LogP contribution >= 0.6 is 0 Å². The van der Waals surface area contributed by atoms with Crippen LogP contribution in [-0.4, -0.2) is 32.2 Å². The fourth-order valence-corrected chi connectivity index (χ4v) is 1.78. The van der Waals surface area contributed by atoms with Gasteiger partial charge in [0, 0.05) is 5.54 Å². The fraction of sp³-hybridized carbons (Fsp3) is 0.583. The number of nitrogens with zero attached hydrogens (tertiary/aromatic N) is 3. The first-order chi connectivity index (χ1) is 9.51. The van der Waals surface area contributed by atoms with Crippen LogP contribution in [0.3, 0.4) is 0 Å². The molecule has 9 nitrogen and oxygen atoms in total. The first-order valence-corrected chi connectivity index (χ1v) is 6.31. The van der Waals surface area contributed by atoms with Gasteiger partial charge in [0.1, 0.15) is 17.9 Å². The van der Waals surface area contributed by atoms with Crippen molar-refractivity contribution in [3.8, 4) is 0 Å². The van der Waals surface area contributed by atoms with Crippen LogP contribution in [0, 0.1) is 24.0 Å². The highest BCUT2D eigenvalue weighted by atomic mass is 16.6. The number of aryl methyl sites for hydroxylation is 1. The van der Waals surface area contributed by atoms with Gasteiger partial charge in [0.2, 0.25) is 5.91 Å². The first kappa shape index (κ1) is 16.6. The van der Waals surface area contributed by atoms with Gasteiger partial charge in [-0.2, -0.15) is 5.10 Å². The van der Waals surface area contributed by atoms with E-state index >= 15 is 0 Å². The lowest BCUT2D eigenvalue weighted by atomic mass is 10.1. The number of carbonyl (C=O) groups is 2. The molecule has 0 aliphatic carbocycles. The van der Waals surface area contributed by atoms with Crippen molar-refractivity contribution in [2.24, 2.45) is 0 Å². The lowest BCUT2D eigenvalue weighted by Gasteiger charge is -2.20. The van der Waals surface area contributed by atoms with Crippen molar-refractivity contribution in [2.75, 3.05) is 0 Å². The summed E-state index contributed by atoms with van der Waals surface area (Å²) in [5, 5.41) is 19.5. The molecule has 0 aliphatic heterocycles. The number of aromatic nitrogens is 2. The molecule has 3 amide bonds. The third-order valence-electron chi connectivity index (χ3n) is 2.56. The molecular formula is C12H19N5O4. The molecule has 1 aromatic rings. The van der Waals surface area contributed by atoms with E-state index in [-0.39, 0.29) is 23.6 Å². The van der Waals surface area contributed by atoms with E-state index in [0.29, 0.717) is 0 Å². The summed E-state index contributed by atoms with van der Waals surface area (Å²) in [6.45, 7) is 8.06. The second-order valence-corrected chi connectivity index (χ2v) is 5.69. The Hall–Kier alpha value is -2.45. The summed E-state index contributed by atoms with van der Waals surface area (Å²) in [7, 11) is 0. The van der Waals surface area contributed by atoms with E-state index in [9.17, 15) is 19.7 Å². The predicted octanol–water partition coefficient (Wildman–Crippen LogP) is 1.03. The maximum Gasteiger partial charge on any atom is 0.321 e. The quantitative estimate of drug-likeness (QED) is 0.638. The van der Waals surface area contributed by atoms with E-state index in [2.05, 4.69) is 15.7 Å². The summed E-state index contributed by atoms with van der Waals surface area (Å²) in [4.78, 5) is 33.6. The summed E-state index contributed by atoms with van der Waals surface area (Å²) in [5.74, 6) is -0.600. The number of nitro groups is 1. The molecule has 21 heavy (non-hydrogen) atoms. The highest BCUT2D eigenvalue weighted by Crippen LogP contribution is 2.21. The number of carbonyl (C=O) groups excluding carboxylic acids is 2. The van der Waals surface area contributed by atoms with Gasteiger partial charge in [0.15, 0.2) is 0 Å². The summed E-state index contributed by atoms with van der Waals surface area (Å²) >= 11 is 0. The van der Waals surface area contributed by atoms with E-state index in [1.54, 1.807) is 20.8 Å². The van der Waals surface area contributed by atoms with Gasteiger partial charge in [-0.15, -0.1) is 0 Å². The molecule has 0 bridgehead atoms. The Balaban J connectivity index is 2.74. The largest absolute Gasteiger partial charge is 0.333 e. The molecule has 0 spiro atoms. The number of rotatable bonds is 3. The summed E-state index contributed by atoms with van der Waals surface area (Å²) in [6, 6.07) is -0.622. The Morgan fingerprint density at radius 3 is 2.33 bits per heavy atom. The minimum Gasteiger partial charge on any atom is -0.333 e. The van der Waals surface area contributed by atoms with Crippen molar-refractivity contribution in [1.82, 2.24) is 20.4 Å². The van der Waals surface area contributed by atoms with Crippen LogP contribution in [0.1, 0.15) is 32.2 Å². The average Bonchev–Trinajstić information content (AvgIpc) is 2.50. The lowest BCUT2D eigenvalue weighted by Crippen LogP contribution is -2.49. The van der Waals surface area contributed by atoms with Crippen LogP contribution in [0.25, 0.3) is 0 Å². The monoisotopic (exact) mass is 297 g/mol. The van der Waals surface area contributed by atoms with E-state index in [1.165, 1.54) is 18.5 Å². The third-order valence-corrected chi connectivity index (χ3v) is 2.56.